The van der Waals surface area contributed by atoms with Crippen molar-refractivity contribution in [2.45, 2.75) is 130 Å². The third-order valence-corrected chi connectivity index (χ3v) is 8.59. The fraction of sp³-hybridized carbons (Fsp3) is 0.962. The number of rotatable bonds is 11. The molecule has 4 aliphatic heterocycles. The molecule has 0 aliphatic carbocycles. The van der Waals surface area contributed by atoms with Gasteiger partial charge in [-0.25, -0.2) is 0 Å². The summed E-state index contributed by atoms with van der Waals surface area (Å²) in [5.41, 5.74) is 0. The number of hydrogen-bond acceptors (Lipinski definition) is 21. The first-order valence-electron chi connectivity index (χ1n) is 15.1. The van der Waals surface area contributed by atoms with Gasteiger partial charge in [0.25, 0.3) is 0 Å². The predicted molar refractivity (Wildman–Crippen MR) is 145 cm³/mol. The lowest BCUT2D eigenvalue weighted by Crippen LogP contribution is -2.67. The molecule has 4 aliphatic rings. The van der Waals surface area contributed by atoms with Gasteiger partial charge in [-0.2, -0.15) is 0 Å². The summed E-state index contributed by atoms with van der Waals surface area (Å²) in [6.45, 7) is -2.02. The van der Waals surface area contributed by atoms with E-state index in [1.54, 1.807) is 0 Å². The summed E-state index contributed by atoms with van der Waals surface area (Å²) in [5, 5.41) is 136. The third kappa shape index (κ3) is 8.24. The lowest BCUT2D eigenvalue weighted by atomic mass is 9.96. The van der Waals surface area contributed by atoms with E-state index in [1.807, 2.05) is 0 Å². The molecule has 14 N–H and O–H groups in total. The van der Waals surface area contributed by atoms with Gasteiger partial charge < -0.3 is 105 Å². The van der Waals surface area contributed by atoms with Gasteiger partial charge in [0.2, 0.25) is 5.91 Å². The summed E-state index contributed by atoms with van der Waals surface area (Å²) >= 11 is 0. The Balaban J connectivity index is 1.44. The molecule has 4 rings (SSSR count). The van der Waals surface area contributed by atoms with Crippen LogP contribution in [0.15, 0.2) is 0 Å². The highest BCUT2D eigenvalue weighted by atomic mass is 16.8. The molecule has 4 fully saturated rings. The predicted octanol–water partition coefficient (Wildman–Crippen LogP) is -9.61. The van der Waals surface area contributed by atoms with Crippen LogP contribution < -0.4 is 5.32 Å². The molecular formula is C26H45NO21. The molecule has 0 bridgehead atoms. The van der Waals surface area contributed by atoms with Crippen molar-refractivity contribution in [2.24, 2.45) is 0 Å². The first-order chi connectivity index (χ1) is 22.6. The number of aliphatic hydroxyl groups excluding tert-OH is 13. The van der Waals surface area contributed by atoms with E-state index in [4.69, 9.17) is 33.2 Å². The summed E-state index contributed by atoms with van der Waals surface area (Å²) in [5.74, 6) is -0.638. The number of carbonyl (C=O) groups is 1. The second-order valence-electron chi connectivity index (χ2n) is 11.9. The Morgan fingerprint density at radius 3 is 1.54 bits per heavy atom. The molecule has 20 atom stereocenters. The van der Waals surface area contributed by atoms with Crippen molar-refractivity contribution in [2.75, 3.05) is 26.4 Å². The van der Waals surface area contributed by atoms with Crippen LogP contribution in [-0.4, -0.2) is 221 Å². The quantitative estimate of drug-likeness (QED) is 0.0947. The second-order valence-corrected chi connectivity index (χ2v) is 11.9. The van der Waals surface area contributed by atoms with E-state index in [2.05, 4.69) is 5.32 Å². The maximum atomic E-state index is 11.7. The zero-order valence-electron chi connectivity index (χ0n) is 25.5. The number of aliphatic hydroxyl groups is 13. The first kappa shape index (κ1) is 39.5. The van der Waals surface area contributed by atoms with Gasteiger partial charge in [0, 0.05) is 6.92 Å². The van der Waals surface area contributed by atoms with Crippen LogP contribution in [-0.2, 0) is 38.0 Å². The molecule has 4 heterocycles. The Kier molecular flexibility index (Phi) is 13.8. The van der Waals surface area contributed by atoms with Crippen LogP contribution in [0.3, 0.4) is 0 Å². The van der Waals surface area contributed by atoms with Crippen LogP contribution >= 0.6 is 0 Å². The minimum absolute atomic E-state index is 0.638. The van der Waals surface area contributed by atoms with Crippen molar-refractivity contribution < 1.29 is 104 Å². The molecule has 48 heavy (non-hydrogen) atoms. The van der Waals surface area contributed by atoms with Gasteiger partial charge >= 0.3 is 0 Å². The SMILES string of the molecule is CC(=O)N[C@H]1[C@H](OC[C@H]2O[C@H](O[C@@H]3[C@H](O)[C@@H](O)[C@H](O[C@H]4[C@H](O)[C@@H](O)[C@H](O)O[C@@H]4CO)O[C@@H]3CO)[C@H](O)[C@@H](O)[C@H]2O)O[C@H](CO)[C@H](O)[C@@H]1O. The summed E-state index contributed by atoms with van der Waals surface area (Å²) in [4.78, 5) is 11.7. The van der Waals surface area contributed by atoms with Crippen molar-refractivity contribution in [3.63, 3.8) is 0 Å². The number of ether oxygens (including phenoxy) is 7. The standard InChI is InChI=1S/C26H45NO21/c1-6(31)27-11-14(34)12(32)7(2-28)44-24(11)42-5-10-13(33)15(35)19(39)25(46-10)48-22-9(4-30)45-26(20(40)17(22)37)47-21-8(3-29)43-23(41)18(38)16(21)36/h7-26,28-30,32-41H,2-5H2,1H3,(H,27,31)/t7-,8-,9-,10-,11-,12+,13+,14-,15+,16-,17-,18-,19-,20-,21-,22+,23-,24-,25-,26+/m1/s1. The highest BCUT2D eigenvalue weighted by Crippen LogP contribution is 2.33. The number of hydrogen-bond donors (Lipinski definition) is 14. The van der Waals surface area contributed by atoms with E-state index in [0.717, 1.165) is 6.92 Å². The Morgan fingerprint density at radius 1 is 0.542 bits per heavy atom. The molecule has 0 aromatic rings. The Labute approximate surface area is 272 Å². The van der Waals surface area contributed by atoms with Crippen molar-refractivity contribution in [3.8, 4) is 0 Å². The van der Waals surface area contributed by atoms with Gasteiger partial charge in [-0.3, -0.25) is 4.79 Å². The van der Waals surface area contributed by atoms with Gasteiger partial charge in [0.05, 0.1) is 26.4 Å². The van der Waals surface area contributed by atoms with Crippen LogP contribution in [0.25, 0.3) is 0 Å². The van der Waals surface area contributed by atoms with Gasteiger partial charge in [-0.1, -0.05) is 0 Å². The number of amides is 1. The molecule has 4 saturated heterocycles. The molecular weight excluding hydrogens is 662 g/mol. The molecule has 22 nitrogen and oxygen atoms in total. The van der Waals surface area contributed by atoms with E-state index in [-0.39, 0.29) is 0 Å². The Morgan fingerprint density at radius 2 is 1.00 bits per heavy atom. The van der Waals surface area contributed by atoms with Crippen molar-refractivity contribution >= 4 is 5.91 Å². The maximum absolute atomic E-state index is 11.7. The van der Waals surface area contributed by atoms with Gasteiger partial charge in [-0.05, 0) is 0 Å². The van der Waals surface area contributed by atoms with Crippen molar-refractivity contribution in [1.29, 1.82) is 0 Å². The van der Waals surface area contributed by atoms with Crippen LogP contribution in [0.1, 0.15) is 6.92 Å². The zero-order chi connectivity index (χ0) is 35.6. The smallest absolute Gasteiger partial charge is 0.217 e. The fourth-order valence-corrected chi connectivity index (χ4v) is 5.85. The summed E-state index contributed by atoms with van der Waals surface area (Å²) < 4.78 is 38.2. The average Bonchev–Trinajstić information content (AvgIpc) is 3.06. The fourth-order valence-electron chi connectivity index (χ4n) is 5.85. The molecule has 0 unspecified atom stereocenters. The van der Waals surface area contributed by atoms with Crippen LogP contribution in [0.4, 0.5) is 0 Å². The Bertz CT molecular complexity index is 1030. The number of carbonyl (C=O) groups excluding carboxylic acids is 1. The summed E-state index contributed by atoms with van der Waals surface area (Å²) in [7, 11) is 0. The normalized spacial score (nSPS) is 50.2. The molecule has 0 aromatic heterocycles. The van der Waals surface area contributed by atoms with Crippen LogP contribution in [0.5, 0.6) is 0 Å². The van der Waals surface area contributed by atoms with E-state index in [9.17, 15) is 71.2 Å². The lowest BCUT2D eigenvalue weighted by Gasteiger charge is -2.48. The monoisotopic (exact) mass is 707 g/mol. The number of nitrogens with one attached hydrogen (secondary N) is 1. The average molecular weight is 708 g/mol. The highest BCUT2D eigenvalue weighted by Gasteiger charge is 2.54. The Hall–Kier alpha value is -1.33. The van der Waals surface area contributed by atoms with Crippen molar-refractivity contribution in [1.82, 2.24) is 5.32 Å². The summed E-state index contributed by atoms with van der Waals surface area (Å²) in [6, 6.07) is -1.36. The molecule has 22 heteroatoms. The van der Waals surface area contributed by atoms with E-state index in [0.29, 0.717) is 0 Å². The van der Waals surface area contributed by atoms with Crippen LogP contribution in [0, 0.1) is 0 Å². The minimum Gasteiger partial charge on any atom is -0.394 e. The van der Waals surface area contributed by atoms with E-state index < -0.39 is 155 Å². The van der Waals surface area contributed by atoms with E-state index in [1.165, 1.54) is 0 Å². The lowest BCUT2D eigenvalue weighted by molar-refractivity contribution is -0.379. The largest absolute Gasteiger partial charge is 0.394 e. The van der Waals surface area contributed by atoms with Crippen LogP contribution in [0.2, 0.25) is 0 Å². The van der Waals surface area contributed by atoms with Gasteiger partial charge in [0.1, 0.15) is 97.6 Å². The first-order valence-corrected chi connectivity index (χ1v) is 15.1. The molecule has 0 radical (unpaired) electrons. The molecule has 0 aromatic carbocycles. The van der Waals surface area contributed by atoms with E-state index >= 15 is 0 Å². The topological polar surface area (TPSA) is 357 Å². The molecule has 280 valence electrons. The minimum atomic E-state index is -2.01. The van der Waals surface area contributed by atoms with Gasteiger partial charge in [0.15, 0.2) is 25.2 Å². The molecule has 0 saturated carbocycles. The highest BCUT2D eigenvalue weighted by molar-refractivity contribution is 5.73. The molecule has 0 spiro atoms. The third-order valence-electron chi connectivity index (χ3n) is 8.59. The maximum Gasteiger partial charge on any atom is 0.217 e. The van der Waals surface area contributed by atoms with Gasteiger partial charge in [-0.15, -0.1) is 0 Å². The molecule has 1 amide bonds. The zero-order valence-corrected chi connectivity index (χ0v) is 25.5. The summed E-state index contributed by atoms with van der Waals surface area (Å²) in [6.07, 6.45) is -33.1. The van der Waals surface area contributed by atoms with Crippen molar-refractivity contribution in [3.05, 3.63) is 0 Å². The second kappa shape index (κ2) is 16.8.